The smallest absolute Gasteiger partial charge is 0.160 e. The Morgan fingerprint density at radius 1 is 0.404 bits per heavy atom. The molecule has 5 nitrogen and oxygen atoms in total. The zero-order valence-electron chi connectivity index (χ0n) is 33.6. The number of anilines is 9. The number of nitriles is 1. The van der Waals surface area contributed by atoms with Gasteiger partial charge in [-0.05, 0) is 76.7 Å². The molecule has 57 heavy (non-hydrogen) atoms. The van der Waals surface area contributed by atoms with Crippen molar-refractivity contribution in [3.63, 3.8) is 0 Å². The summed E-state index contributed by atoms with van der Waals surface area (Å²) in [5, 5.41) is 11.7. The first kappa shape index (κ1) is 34.8. The van der Waals surface area contributed by atoms with Crippen LogP contribution in [0.25, 0.3) is 0 Å². The number of hydrogen-bond donors (Lipinski definition) is 0. The number of fused-ring (bicyclic) bond motifs is 6. The van der Waals surface area contributed by atoms with Crippen molar-refractivity contribution in [1.82, 2.24) is 4.98 Å². The van der Waals surface area contributed by atoms with Crippen molar-refractivity contribution in [3.05, 3.63) is 190 Å². The van der Waals surface area contributed by atoms with Crippen LogP contribution >= 0.6 is 0 Å². The van der Waals surface area contributed by atoms with E-state index in [2.05, 4.69) is 215 Å². The Kier molecular flexibility index (Phi) is 7.44. The summed E-state index contributed by atoms with van der Waals surface area (Å²) in [5.41, 5.74) is 15.0. The van der Waals surface area contributed by atoms with Gasteiger partial charge >= 0.3 is 0 Å². The van der Waals surface area contributed by atoms with E-state index in [0.29, 0.717) is 11.4 Å². The minimum absolute atomic E-state index is 0.248. The number of nitrogens with zero attached hydrogens (tertiary/aromatic N) is 5. The van der Waals surface area contributed by atoms with Gasteiger partial charge < -0.3 is 4.90 Å². The van der Waals surface area contributed by atoms with Gasteiger partial charge in [-0.3, -0.25) is 9.80 Å². The lowest BCUT2D eigenvalue weighted by Crippen LogP contribution is -2.34. The maximum atomic E-state index is 11.7. The molecule has 5 heteroatoms. The fourth-order valence-corrected chi connectivity index (χ4v) is 10.1. The third-order valence-corrected chi connectivity index (χ3v) is 13.0. The molecule has 0 spiro atoms. The molecule has 7 aromatic rings. The van der Waals surface area contributed by atoms with E-state index in [0.717, 1.165) is 51.2 Å². The molecule has 0 N–H and O–H groups in total. The van der Waals surface area contributed by atoms with Gasteiger partial charge in [0.05, 0.1) is 39.8 Å². The first-order valence-electron chi connectivity index (χ1n) is 19.9. The molecule has 0 aliphatic carbocycles. The van der Waals surface area contributed by atoms with Crippen molar-refractivity contribution >= 4 is 51.4 Å². The van der Waals surface area contributed by atoms with E-state index in [9.17, 15) is 5.26 Å². The van der Waals surface area contributed by atoms with Gasteiger partial charge in [-0.15, -0.1) is 0 Å². The Labute approximate surface area is 336 Å². The van der Waals surface area contributed by atoms with E-state index in [-0.39, 0.29) is 16.2 Å². The second-order valence-corrected chi connectivity index (χ2v) is 17.2. The molecular weight excluding hydrogens is 695 g/mol. The highest BCUT2D eigenvalue weighted by Crippen LogP contribution is 2.59. The normalized spacial score (nSPS) is 16.3. The number of pyridine rings is 1. The van der Waals surface area contributed by atoms with Gasteiger partial charge in [0.1, 0.15) is 17.5 Å². The van der Waals surface area contributed by atoms with Crippen LogP contribution < -0.4 is 14.7 Å². The summed E-state index contributed by atoms with van der Waals surface area (Å²) in [6.45, 7) is 16.0. The largest absolute Gasteiger partial charge is 0.308 e. The average Bonchev–Trinajstić information content (AvgIpc) is 3.22. The van der Waals surface area contributed by atoms with Crippen LogP contribution in [0.15, 0.2) is 146 Å². The minimum Gasteiger partial charge on any atom is -0.308 e. The van der Waals surface area contributed by atoms with Gasteiger partial charge in [-0.25, -0.2) is 4.98 Å². The molecule has 0 saturated heterocycles. The number of hydrogen-bond acceptors (Lipinski definition) is 5. The van der Waals surface area contributed by atoms with E-state index < -0.39 is 0 Å². The highest BCUT2D eigenvalue weighted by atomic mass is 15.3. The van der Waals surface area contributed by atoms with Crippen LogP contribution in [-0.2, 0) is 16.2 Å². The van der Waals surface area contributed by atoms with Gasteiger partial charge in [0.25, 0.3) is 0 Å². The summed E-state index contributed by atoms with van der Waals surface area (Å²) in [6, 6.07) is 54.8. The maximum Gasteiger partial charge on any atom is 0.160 e. The maximum absolute atomic E-state index is 11.7. The first-order chi connectivity index (χ1) is 27.5. The van der Waals surface area contributed by atoms with E-state index in [1.165, 1.54) is 33.4 Å². The molecule has 3 aliphatic rings. The van der Waals surface area contributed by atoms with E-state index in [4.69, 9.17) is 4.98 Å². The van der Waals surface area contributed by atoms with Crippen molar-refractivity contribution in [2.24, 2.45) is 0 Å². The molecule has 278 valence electrons. The second-order valence-electron chi connectivity index (χ2n) is 17.2. The monoisotopic (exact) mass is 739 g/mol. The van der Waals surface area contributed by atoms with Crippen LogP contribution in [0, 0.1) is 18.3 Å². The lowest BCUT2D eigenvalue weighted by molar-refractivity contribution is 0.630. The molecule has 0 radical (unpaired) electrons. The Balaban J connectivity index is 1.37. The Morgan fingerprint density at radius 3 is 0.965 bits per heavy atom. The zero-order chi connectivity index (χ0) is 39.4. The zero-order valence-corrected chi connectivity index (χ0v) is 33.6. The standard InChI is InChI=1S/C52H45N5/c1-33-47(55-41-26-14-8-20-35(41)50(2,3)36-21-9-15-27-42(36)55)34(32-53)49(57-45-30-18-12-24-39(45)52(6,7)40-25-13-19-31-46(40)57)54-48(33)56-43-28-16-10-22-37(43)51(4,5)38-23-11-17-29-44(38)56/h8-31H,1-7H3. The van der Waals surface area contributed by atoms with Crippen molar-refractivity contribution in [2.45, 2.75) is 64.7 Å². The topological polar surface area (TPSA) is 46.4 Å². The molecule has 0 fully saturated rings. The summed E-state index contributed by atoms with van der Waals surface area (Å²) in [4.78, 5) is 12.7. The van der Waals surface area contributed by atoms with E-state index in [1.54, 1.807) is 0 Å². The molecule has 0 unspecified atom stereocenters. The number of aromatic nitrogens is 1. The van der Waals surface area contributed by atoms with Crippen molar-refractivity contribution < 1.29 is 0 Å². The van der Waals surface area contributed by atoms with Gasteiger partial charge in [-0.2, -0.15) is 5.26 Å². The molecule has 0 atom stereocenters. The summed E-state index contributed by atoms with van der Waals surface area (Å²) in [5.74, 6) is 1.39. The fraction of sp³-hybridized carbons (Fsp3) is 0.192. The van der Waals surface area contributed by atoms with Crippen LogP contribution in [0.4, 0.5) is 51.4 Å². The van der Waals surface area contributed by atoms with Crippen molar-refractivity contribution in [3.8, 4) is 6.07 Å². The number of benzene rings is 6. The van der Waals surface area contributed by atoms with Crippen molar-refractivity contribution in [2.75, 3.05) is 14.7 Å². The summed E-state index contributed by atoms with van der Waals surface area (Å²) >= 11 is 0. The van der Waals surface area contributed by atoms with E-state index in [1.807, 2.05) is 0 Å². The van der Waals surface area contributed by atoms with E-state index >= 15 is 0 Å². The third kappa shape index (κ3) is 4.71. The lowest BCUT2D eigenvalue weighted by Gasteiger charge is -2.45. The quantitative estimate of drug-likeness (QED) is 0.181. The first-order valence-corrected chi connectivity index (χ1v) is 19.9. The van der Waals surface area contributed by atoms with Crippen LogP contribution in [0.5, 0.6) is 0 Å². The lowest BCUT2D eigenvalue weighted by atomic mass is 9.73. The van der Waals surface area contributed by atoms with Crippen LogP contribution in [-0.4, -0.2) is 4.98 Å². The Hall–Kier alpha value is -6.64. The molecule has 0 bridgehead atoms. The van der Waals surface area contributed by atoms with Crippen LogP contribution in [0.2, 0.25) is 0 Å². The Bertz CT molecular complexity index is 2690. The fourth-order valence-electron chi connectivity index (χ4n) is 10.1. The molecule has 6 aromatic carbocycles. The summed E-state index contributed by atoms with van der Waals surface area (Å²) < 4.78 is 0. The molecule has 0 saturated carbocycles. The van der Waals surface area contributed by atoms with Gasteiger partial charge in [-0.1, -0.05) is 151 Å². The second kappa shape index (κ2) is 12.2. The Morgan fingerprint density at radius 2 is 0.667 bits per heavy atom. The molecule has 0 amide bonds. The highest BCUT2D eigenvalue weighted by molar-refractivity contribution is 5.98. The minimum atomic E-state index is -0.278. The van der Waals surface area contributed by atoms with Crippen LogP contribution in [0.3, 0.4) is 0 Å². The predicted molar refractivity (Wildman–Crippen MR) is 234 cm³/mol. The summed E-state index contributed by atoms with van der Waals surface area (Å²) in [6.07, 6.45) is 0. The molecular formula is C52H45N5. The van der Waals surface area contributed by atoms with Gasteiger partial charge in [0, 0.05) is 21.8 Å². The molecule has 3 aliphatic heterocycles. The van der Waals surface area contributed by atoms with Crippen LogP contribution in [0.1, 0.15) is 86.1 Å². The average molecular weight is 740 g/mol. The highest BCUT2D eigenvalue weighted by Gasteiger charge is 2.44. The number of rotatable bonds is 3. The van der Waals surface area contributed by atoms with Gasteiger partial charge in [0.2, 0.25) is 0 Å². The SMILES string of the molecule is Cc1c(N2c3ccccc3C(C)(C)c3ccccc32)nc(N2c3ccccc3C(C)(C)c3ccccc32)c(C#N)c1N1c2ccccc2C(C)(C)c2ccccc21. The molecule has 10 rings (SSSR count). The van der Waals surface area contributed by atoms with Crippen molar-refractivity contribution in [1.29, 1.82) is 5.26 Å². The summed E-state index contributed by atoms with van der Waals surface area (Å²) in [7, 11) is 0. The molecule has 4 heterocycles. The predicted octanol–water partition coefficient (Wildman–Crippen LogP) is 13.6. The van der Waals surface area contributed by atoms with Gasteiger partial charge in [0.15, 0.2) is 5.82 Å². The molecule has 1 aromatic heterocycles. The number of para-hydroxylation sites is 6. The third-order valence-electron chi connectivity index (χ3n) is 13.0.